The molecule has 1 heterocycles. The van der Waals surface area contributed by atoms with Crippen molar-refractivity contribution >= 4 is 35.4 Å². The molecule has 0 saturated carbocycles. The summed E-state index contributed by atoms with van der Waals surface area (Å²) in [5, 5.41) is 0. The summed E-state index contributed by atoms with van der Waals surface area (Å²) in [5.41, 5.74) is 1.50. The first-order chi connectivity index (χ1) is 11.8. The summed E-state index contributed by atoms with van der Waals surface area (Å²) in [6, 6.07) is 2.32. The molecular weight excluding hydrogens is 354 g/mol. The fourth-order valence-corrected chi connectivity index (χ4v) is 7.05. The smallest absolute Gasteiger partial charge is 0.540 e. The van der Waals surface area contributed by atoms with Crippen LogP contribution in [0.4, 0.5) is 0 Å². The van der Waals surface area contributed by atoms with Gasteiger partial charge in [0.05, 0.1) is 8.07 Å². The van der Waals surface area contributed by atoms with E-state index in [2.05, 4.69) is 32.6 Å². The number of rotatable bonds is 13. The van der Waals surface area contributed by atoms with Crippen molar-refractivity contribution < 1.29 is 32.8 Å². The number of thiophene rings is 1. The van der Waals surface area contributed by atoms with Crippen LogP contribution in [-0.4, -0.2) is 34.6 Å². The fraction of sp³-hybridized carbons (Fsp3) is 0.789. The molecule has 0 saturated heterocycles. The third-order valence-electron chi connectivity index (χ3n) is 4.32. The third-order valence-corrected chi connectivity index (χ3v) is 9.25. The molecule has 0 aliphatic carbocycles. The van der Waals surface area contributed by atoms with Crippen LogP contribution in [-0.2, 0) is 20.4 Å². The molecule has 0 bridgehead atoms. The van der Waals surface area contributed by atoms with Gasteiger partial charge < -0.3 is 14.0 Å². The minimum absolute atomic E-state index is 0. The van der Waals surface area contributed by atoms with Crippen LogP contribution in [0.2, 0.25) is 19.6 Å². The SMILES string of the molecule is CCCCCCc1cc([B-](OCC)(OCC)OCC)sc1[Si](C)(C)C.[Li+]. The van der Waals surface area contributed by atoms with Gasteiger partial charge in [-0.05, 0) is 43.7 Å². The molecule has 0 radical (unpaired) electrons. The zero-order valence-electron chi connectivity index (χ0n) is 18.4. The van der Waals surface area contributed by atoms with Gasteiger partial charge in [0.25, 0.3) is 0 Å². The van der Waals surface area contributed by atoms with Crippen LogP contribution < -0.4 is 28.1 Å². The molecule has 1 aromatic rings. The average molecular weight is 392 g/mol. The maximum absolute atomic E-state index is 6.06. The molecule has 0 aliphatic rings. The topological polar surface area (TPSA) is 27.7 Å². The first kappa shape index (κ1) is 26.5. The van der Waals surface area contributed by atoms with E-state index in [1.54, 1.807) is 4.50 Å². The third kappa shape index (κ3) is 7.47. The Kier molecular flexibility index (Phi) is 13.1. The summed E-state index contributed by atoms with van der Waals surface area (Å²) < 4.78 is 20.9. The number of unbranched alkanes of at least 4 members (excludes halogenated alkanes) is 3. The summed E-state index contributed by atoms with van der Waals surface area (Å²) >= 11 is 1.87. The Labute approximate surface area is 178 Å². The molecule has 0 aromatic carbocycles. The second-order valence-electron chi connectivity index (χ2n) is 7.57. The Morgan fingerprint density at radius 3 is 1.85 bits per heavy atom. The first-order valence-electron chi connectivity index (χ1n) is 10.0. The van der Waals surface area contributed by atoms with E-state index in [9.17, 15) is 0 Å². The van der Waals surface area contributed by atoms with E-state index in [0.29, 0.717) is 19.8 Å². The minimum Gasteiger partial charge on any atom is -0.540 e. The van der Waals surface area contributed by atoms with Crippen molar-refractivity contribution in [3.63, 3.8) is 0 Å². The predicted molar refractivity (Wildman–Crippen MR) is 115 cm³/mol. The van der Waals surface area contributed by atoms with Gasteiger partial charge >= 0.3 is 25.6 Å². The molecule has 0 N–H and O–H groups in total. The zero-order valence-corrected chi connectivity index (χ0v) is 20.3. The Morgan fingerprint density at radius 2 is 1.42 bits per heavy atom. The molecule has 0 aliphatic heterocycles. The zero-order chi connectivity index (χ0) is 18.9. The molecule has 0 amide bonds. The van der Waals surface area contributed by atoms with Crippen LogP contribution in [0.5, 0.6) is 0 Å². The van der Waals surface area contributed by atoms with Gasteiger partial charge in [0.15, 0.2) is 0 Å². The number of hydrogen-bond acceptors (Lipinski definition) is 4. The van der Waals surface area contributed by atoms with Crippen LogP contribution in [0.1, 0.15) is 58.9 Å². The van der Waals surface area contributed by atoms with Crippen LogP contribution in [0.15, 0.2) is 6.07 Å². The number of aryl methyl sites for hydroxylation is 1. The molecule has 1 aromatic heterocycles. The molecule has 7 heteroatoms. The van der Waals surface area contributed by atoms with E-state index in [1.807, 2.05) is 32.1 Å². The summed E-state index contributed by atoms with van der Waals surface area (Å²) in [4.78, 5) is 0. The van der Waals surface area contributed by atoms with E-state index < -0.39 is 14.8 Å². The van der Waals surface area contributed by atoms with Crippen molar-refractivity contribution in [2.45, 2.75) is 79.4 Å². The summed E-state index contributed by atoms with van der Waals surface area (Å²) in [6.07, 6.45) is 6.34. The summed E-state index contributed by atoms with van der Waals surface area (Å²) in [6.45, 7) is 15.5. The molecular formula is C19H38BLiO3SSi. The van der Waals surface area contributed by atoms with Crippen molar-refractivity contribution in [3.8, 4) is 0 Å². The van der Waals surface area contributed by atoms with Gasteiger partial charge in [0.2, 0.25) is 0 Å². The Balaban J connectivity index is 0.00000625. The Bertz CT molecular complexity index is 488. The fourth-order valence-electron chi connectivity index (χ4n) is 3.24. The predicted octanol–water partition coefficient (Wildman–Crippen LogP) is 1.68. The van der Waals surface area contributed by atoms with Crippen LogP contribution in [0.25, 0.3) is 0 Å². The van der Waals surface area contributed by atoms with Crippen molar-refractivity contribution in [3.05, 3.63) is 11.6 Å². The molecule has 26 heavy (non-hydrogen) atoms. The van der Waals surface area contributed by atoms with Crippen molar-refractivity contribution in [1.82, 2.24) is 0 Å². The quantitative estimate of drug-likeness (QED) is 0.378. The Morgan fingerprint density at radius 1 is 0.885 bits per heavy atom. The van der Waals surface area contributed by atoms with Crippen LogP contribution in [0.3, 0.4) is 0 Å². The molecule has 3 nitrogen and oxygen atoms in total. The maximum atomic E-state index is 6.06. The molecule has 0 unspecified atom stereocenters. The van der Waals surface area contributed by atoms with Crippen LogP contribution in [0, 0.1) is 0 Å². The first-order valence-corrected chi connectivity index (χ1v) is 14.3. The van der Waals surface area contributed by atoms with Gasteiger partial charge in [0.1, 0.15) is 0 Å². The van der Waals surface area contributed by atoms with E-state index in [1.165, 1.54) is 31.2 Å². The van der Waals surface area contributed by atoms with Crippen molar-refractivity contribution in [2.75, 3.05) is 19.8 Å². The standard InChI is InChI=1S/C19H38BO3SSi.Li/c1-8-12-13-14-15-17-16-18(24-19(17)25(5,6)7)20(21-9-2,22-10-3)23-11-4;/h16H,8-15H2,1-7H3;/q-1;+1. The molecule has 0 atom stereocenters. The van der Waals surface area contributed by atoms with Crippen molar-refractivity contribution in [2.24, 2.45) is 0 Å². The van der Waals surface area contributed by atoms with Gasteiger partial charge in [-0.1, -0.05) is 56.7 Å². The average Bonchev–Trinajstić information content (AvgIpc) is 2.97. The van der Waals surface area contributed by atoms with E-state index >= 15 is 0 Å². The second-order valence-corrected chi connectivity index (χ2v) is 14.0. The van der Waals surface area contributed by atoms with E-state index in [4.69, 9.17) is 14.0 Å². The van der Waals surface area contributed by atoms with Gasteiger partial charge in [-0.15, -0.1) is 0 Å². The number of hydrogen-bond donors (Lipinski definition) is 0. The molecule has 1 rings (SSSR count). The second kappa shape index (κ2) is 12.8. The van der Waals surface area contributed by atoms with Gasteiger partial charge in [-0.2, -0.15) is 11.3 Å². The maximum Gasteiger partial charge on any atom is 1.00 e. The van der Waals surface area contributed by atoms with Crippen LogP contribution >= 0.6 is 11.3 Å². The van der Waals surface area contributed by atoms with Gasteiger partial charge in [0, 0.05) is 19.8 Å². The minimum atomic E-state index is -1.82. The largest absolute Gasteiger partial charge is 1.00 e. The summed E-state index contributed by atoms with van der Waals surface area (Å²) in [5.74, 6) is 0. The van der Waals surface area contributed by atoms with E-state index in [0.717, 1.165) is 11.2 Å². The molecule has 146 valence electrons. The molecule has 0 fully saturated rings. The summed E-state index contributed by atoms with van der Waals surface area (Å²) in [7, 11) is -1.41. The van der Waals surface area contributed by atoms with Gasteiger partial charge in [-0.3, -0.25) is 0 Å². The van der Waals surface area contributed by atoms with E-state index in [-0.39, 0.29) is 18.9 Å². The Hall–Kier alpha value is 0.459. The monoisotopic (exact) mass is 392 g/mol. The normalized spacial score (nSPS) is 12.3. The van der Waals surface area contributed by atoms with Crippen molar-refractivity contribution in [1.29, 1.82) is 0 Å². The molecule has 0 spiro atoms. The van der Waals surface area contributed by atoms with Gasteiger partial charge in [-0.25, -0.2) is 0 Å².